The smallest absolute Gasteiger partial charge is 0.120 e. The molecule has 1 fully saturated rings. The highest BCUT2D eigenvalue weighted by molar-refractivity contribution is 5.06. The maximum absolute atomic E-state index is 5.37. The summed E-state index contributed by atoms with van der Waals surface area (Å²) in [5.41, 5.74) is 1.26. The van der Waals surface area contributed by atoms with Crippen LogP contribution in [0.2, 0.25) is 0 Å². The van der Waals surface area contributed by atoms with E-state index >= 15 is 0 Å². The Hall–Kier alpha value is -1.55. The molecular formula is C13H17N3O. The zero-order valence-electron chi connectivity index (χ0n) is 9.97. The van der Waals surface area contributed by atoms with Crippen molar-refractivity contribution in [2.45, 2.75) is 38.4 Å². The lowest BCUT2D eigenvalue weighted by atomic mass is 10.2. The second-order valence-corrected chi connectivity index (χ2v) is 4.64. The Morgan fingerprint density at radius 1 is 1.59 bits per heavy atom. The minimum absolute atomic E-state index is 0.229. The van der Waals surface area contributed by atoms with Crippen LogP contribution >= 0.6 is 0 Å². The van der Waals surface area contributed by atoms with Crippen LogP contribution in [-0.4, -0.2) is 9.55 Å². The van der Waals surface area contributed by atoms with Gasteiger partial charge in [-0.2, -0.15) is 0 Å². The first-order chi connectivity index (χ1) is 8.34. The number of rotatable bonds is 5. The molecule has 4 heteroatoms. The molecule has 0 aromatic carbocycles. The highest BCUT2D eigenvalue weighted by Crippen LogP contribution is 2.35. The number of nitrogens with one attached hydrogen (secondary N) is 1. The summed E-state index contributed by atoms with van der Waals surface area (Å²) in [6, 6.07) is 4.83. The molecule has 0 saturated heterocycles. The summed E-state index contributed by atoms with van der Waals surface area (Å²) in [6.07, 6.45) is 8.17. The van der Waals surface area contributed by atoms with Crippen LogP contribution in [0.15, 0.2) is 35.3 Å². The Kier molecular flexibility index (Phi) is 2.73. The number of aromatic nitrogens is 2. The maximum atomic E-state index is 5.37. The third-order valence-electron chi connectivity index (χ3n) is 3.25. The SMILES string of the molecule is C[C@H](NCc1cncn1C1CC1)c1ccco1. The highest BCUT2D eigenvalue weighted by atomic mass is 16.3. The number of hydrogen-bond acceptors (Lipinski definition) is 3. The molecule has 0 spiro atoms. The zero-order chi connectivity index (χ0) is 11.7. The van der Waals surface area contributed by atoms with E-state index in [2.05, 4.69) is 21.8 Å². The molecule has 1 saturated carbocycles. The van der Waals surface area contributed by atoms with E-state index in [0.29, 0.717) is 6.04 Å². The van der Waals surface area contributed by atoms with Crippen LogP contribution in [0.5, 0.6) is 0 Å². The second kappa shape index (κ2) is 4.37. The molecule has 3 rings (SSSR count). The zero-order valence-corrected chi connectivity index (χ0v) is 9.97. The average molecular weight is 231 g/mol. The summed E-state index contributed by atoms with van der Waals surface area (Å²) in [4.78, 5) is 4.22. The van der Waals surface area contributed by atoms with Crippen LogP contribution in [0.3, 0.4) is 0 Å². The Bertz CT molecular complexity index is 471. The molecule has 1 atom stereocenters. The number of imidazole rings is 1. The van der Waals surface area contributed by atoms with Crippen LogP contribution in [0.1, 0.15) is 43.3 Å². The van der Waals surface area contributed by atoms with E-state index < -0.39 is 0 Å². The van der Waals surface area contributed by atoms with Crippen LogP contribution < -0.4 is 5.32 Å². The van der Waals surface area contributed by atoms with Gasteiger partial charge >= 0.3 is 0 Å². The fourth-order valence-corrected chi connectivity index (χ4v) is 2.05. The Morgan fingerprint density at radius 2 is 2.47 bits per heavy atom. The molecule has 0 amide bonds. The normalized spacial score (nSPS) is 17.2. The van der Waals surface area contributed by atoms with Gasteiger partial charge in [0, 0.05) is 18.8 Å². The predicted molar refractivity (Wildman–Crippen MR) is 64.5 cm³/mol. The molecular weight excluding hydrogens is 214 g/mol. The van der Waals surface area contributed by atoms with Crippen LogP contribution in [0.25, 0.3) is 0 Å². The van der Waals surface area contributed by atoms with Crippen LogP contribution in [-0.2, 0) is 6.54 Å². The summed E-state index contributed by atoms with van der Waals surface area (Å²) in [5.74, 6) is 0.975. The summed E-state index contributed by atoms with van der Waals surface area (Å²) in [6.45, 7) is 2.94. The van der Waals surface area contributed by atoms with Crippen molar-refractivity contribution in [3.63, 3.8) is 0 Å². The lowest BCUT2D eigenvalue weighted by molar-refractivity contribution is 0.426. The van der Waals surface area contributed by atoms with E-state index in [1.165, 1.54) is 18.5 Å². The topological polar surface area (TPSA) is 43.0 Å². The third kappa shape index (κ3) is 2.26. The standard InChI is InChI=1S/C13H17N3O/c1-10(13-3-2-6-17-13)15-8-12-7-14-9-16(12)11-4-5-11/h2-3,6-7,9-11,15H,4-5,8H2,1H3/t10-/m0/s1. The Morgan fingerprint density at radius 3 is 3.18 bits per heavy atom. The van der Waals surface area contributed by atoms with Crippen molar-refractivity contribution in [2.24, 2.45) is 0 Å². The fraction of sp³-hybridized carbons (Fsp3) is 0.462. The second-order valence-electron chi connectivity index (χ2n) is 4.64. The quantitative estimate of drug-likeness (QED) is 0.860. The maximum Gasteiger partial charge on any atom is 0.120 e. The third-order valence-corrected chi connectivity index (χ3v) is 3.25. The Balaban J connectivity index is 1.61. The fourth-order valence-electron chi connectivity index (χ4n) is 2.05. The van der Waals surface area contributed by atoms with Gasteiger partial charge < -0.3 is 14.3 Å². The van der Waals surface area contributed by atoms with Crippen molar-refractivity contribution in [2.75, 3.05) is 0 Å². The van der Waals surface area contributed by atoms with Crippen molar-refractivity contribution >= 4 is 0 Å². The lowest BCUT2D eigenvalue weighted by Gasteiger charge is -2.12. The van der Waals surface area contributed by atoms with Gasteiger partial charge in [-0.1, -0.05) is 0 Å². The van der Waals surface area contributed by atoms with Crippen molar-refractivity contribution in [3.8, 4) is 0 Å². The van der Waals surface area contributed by atoms with Crippen molar-refractivity contribution in [1.82, 2.24) is 14.9 Å². The predicted octanol–water partition coefficient (Wildman–Crippen LogP) is 2.66. The van der Waals surface area contributed by atoms with Gasteiger partial charge in [-0.25, -0.2) is 4.98 Å². The number of hydrogen-bond donors (Lipinski definition) is 1. The molecule has 2 heterocycles. The summed E-state index contributed by atoms with van der Waals surface area (Å²) in [5, 5.41) is 3.46. The monoisotopic (exact) mass is 231 g/mol. The van der Waals surface area contributed by atoms with Gasteiger partial charge in [0.25, 0.3) is 0 Å². The number of furan rings is 1. The molecule has 2 aromatic rings. The summed E-state index contributed by atoms with van der Waals surface area (Å²) < 4.78 is 7.65. The molecule has 2 aromatic heterocycles. The molecule has 17 heavy (non-hydrogen) atoms. The van der Waals surface area contributed by atoms with Gasteiger partial charge in [0.15, 0.2) is 0 Å². The molecule has 1 aliphatic carbocycles. The van der Waals surface area contributed by atoms with Crippen molar-refractivity contribution < 1.29 is 4.42 Å². The van der Waals surface area contributed by atoms with Crippen molar-refractivity contribution in [3.05, 3.63) is 42.4 Å². The molecule has 0 aliphatic heterocycles. The van der Waals surface area contributed by atoms with E-state index in [0.717, 1.165) is 12.3 Å². The van der Waals surface area contributed by atoms with Gasteiger partial charge in [0.05, 0.1) is 24.3 Å². The van der Waals surface area contributed by atoms with Crippen molar-refractivity contribution in [1.29, 1.82) is 0 Å². The first-order valence-electron chi connectivity index (χ1n) is 6.12. The van der Waals surface area contributed by atoms with Gasteiger partial charge in [0.2, 0.25) is 0 Å². The summed E-state index contributed by atoms with van der Waals surface area (Å²) >= 11 is 0. The first kappa shape index (κ1) is 10.6. The van der Waals surface area contributed by atoms with E-state index in [4.69, 9.17) is 4.42 Å². The molecule has 1 aliphatic rings. The van der Waals surface area contributed by atoms with Crippen LogP contribution in [0.4, 0.5) is 0 Å². The van der Waals surface area contributed by atoms with Gasteiger partial charge in [-0.05, 0) is 31.9 Å². The minimum atomic E-state index is 0.229. The molecule has 0 unspecified atom stereocenters. The lowest BCUT2D eigenvalue weighted by Crippen LogP contribution is -2.19. The number of nitrogens with zero attached hydrogens (tertiary/aromatic N) is 2. The van der Waals surface area contributed by atoms with Gasteiger partial charge in [0.1, 0.15) is 5.76 Å². The molecule has 0 bridgehead atoms. The van der Waals surface area contributed by atoms with E-state index in [1.54, 1.807) is 6.26 Å². The molecule has 4 nitrogen and oxygen atoms in total. The largest absolute Gasteiger partial charge is 0.468 e. The van der Waals surface area contributed by atoms with E-state index in [-0.39, 0.29) is 6.04 Å². The van der Waals surface area contributed by atoms with Crippen LogP contribution in [0, 0.1) is 0 Å². The minimum Gasteiger partial charge on any atom is -0.468 e. The Labute approximate surface area is 101 Å². The van der Waals surface area contributed by atoms with Gasteiger partial charge in [-0.3, -0.25) is 0 Å². The van der Waals surface area contributed by atoms with E-state index in [1.807, 2.05) is 24.7 Å². The molecule has 1 N–H and O–H groups in total. The molecule has 90 valence electrons. The van der Waals surface area contributed by atoms with Gasteiger partial charge in [-0.15, -0.1) is 0 Å². The van der Waals surface area contributed by atoms with E-state index in [9.17, 15) is 0 Å². The summed E-state index contributed by atoms with van der Waals surface area (Å²) in [7, 11) is 0. The first-order valence-corrected chi connectivity index (χ1v) is 6.12. The molecule has 0 radical (unpaired) electrons. The highest BCUT2D eigenvalue weighted by Gasteiger charge is 2.25. The average Bonchev–Trinajstić information content (AvgIpc) is 2.87.